The van der Waals surface area contributed by atoms with Gasteiger partial charge in [-0.1, -0.05) is 0 Å². The highest BCUT2D eigenvalue weighted by Crippen LogP contribution is 2.09. The minimum Gasteiger partial charge on any atom is -0.356 e. The fraction of sp³-hybridized carbons (Fsp3) is 0.560. The Bertz CT molecular complexity index is 926. The molecule has 12 nitrogen and oxygen atoms in total. The molecule has 2 heterocycles. The largest absolute Gasteiger partial charge is 0.356 e. The number of allylic oxidation sites excluding steroid dienone is 2. The van der Waals surface area contributed by atoms with E-state index in [1.165, 1.54) is 48.0 Å². The summed E-state index contributed by atoms with van der Waals surface area (Å²) in [4.78, 5) is 87.4. The van der Waals surface area contributed by atoms with E-state index >= 15 is 0 Å². The predicted molar refractivity (Wildman–Crippen MR) is 133 cm³/mol. The fourth-order valence-electron chi connectivity index (χ4n) is 4.01. The summed E-state index contributed by atoms with van der Waals surface area (Å²) in [6, 6.07) is -1.58. The molecule has 0 aromatic heterocycles. The van der Waals surface area contributed by atoms with Crippen molar-refractivity contribution in [3.63, 3.8) is 0 Å². The second-order valence-electron chi connectivity index (χ2n) is 9.11. The molecule has 0 fully saturated rings. The lowest BCUT2D eigenvalue weighted by molar-refractivity contribution is -0.131. The molecular weight excluding hydrogens is 482 g/mol. The zero-order valence-electron chi connectivity index (χ0n) is 21.3. The number of nitrogens with zero attached hydrogens (tertiary/aromatic N) is 2. The molecule has 0 aromatic carbocycles. The molecule has 2 rings (SSSR count). The molecule has 2 aliphatic heterocycles. The van der Waals surface area contributed by atoms with Gasteiger partial charge in [0.1, 0.15) is 6.04 Å². The highest BCUT2D eigenvalue weighted by Gasteiger charge is 2.28. The van der Waals surface area contributed by atoms with Crippen molar-refractivity contribution in [1.29, 1.82) is 0 Å². The quantitative estimate of drug-likeness (QED) is 0.280. The topological polar surface area (TPSA) is 162 Å². The molecular formula is C25H35N5O7. The van der Waals surface area contributed by atoms with Crippen LogP contribution in [0.3, 0.4) is 0 Å². The van der Waals surface area contributed by atoms with Crippen molar-refractivity contribution in [1.82, 2.24) is 25.8 Å². The van der Waals surface area contributed by atoms with Crippen LogP contribution in [0.15, 0.2) is 24.3 Å². The van der Waals surface area contributed by atoms with Crippen LogP contribution in [0.25, 0.3) is 0 Å². The van der Waals surface area contributed by atoms with Crippen LogP contribution in [0.2, 0.25) is 0 Å². The maximum Gasteiger partial charge on any atom is 0.246 e. The number of carbonyl (C=O) groups excluding carboxylic acids is 7. The zero-order chi connectivity index (χ0) is 27.4. The molecule has 0 spiro atoms. The monoisotopic (exact) mass is 517 g/mol. The van der Waals surface area contributed by atoms with E-state index in [1.54, 1.807) is 0 Å². The van der Waals surface area contributed by atoms with Gasteiger partial charge in [0.25, 0.3) is 0 Å². The standard InChI is InChI=1S/C25H35N5O7/c1-17(31)26-12-4-3-5-22(27-18(2)32)25(37)28-19(15-29-13-10-20(33)6-8-23(29)35)16-30-14-11-21(34)7-9-24(30)36/h6-9,19,22H,3-5,10-16H2,1-2H3,(H,26,31)(H,27,32)(H,28,37). The predicted octanol–water partition coefficient (Wildman–Crippen LogP) is -1.00. The molecule has 5 amide bonds. The molecule has 3 N–H and O–H groups in total. The number of ketones is 2. The average molecular weight is 518 g/mol. The minimum atomic E-state index is -0.861. The van der Waals surface area contributed by atoms with Crippen LogP contribution in [0.5, 0.6) is 0 Å². The van der Waals surface area contributed by atoms with Gasteiger partial charge in [0.05, 0.1) is 6.04 Å². The van der Waals surface area contributed by atoms with Crippen LogP contribution >= 0.6 is 0 Å². The van der Waals surface area contributed by atoms with E-state index in [-0.39, 0.29) is 56.5 Å². The van der Waals surface area contributed by atoms with E-state index in [9.17, 15) is 33.6 Å². The molecule has 0 saturated carbocycles. The number of hydrogen-bond acceptors (Lipinski definition) is 7. The van der Waals surface area contributed by atoms with Crippen LogP contribution in [0.1, 0.15) is 46.0 Å². The van der Waals surface area contributed by atoms with Gasteiger partial charge >= 0.3 is 0 Å². The van der Waals surface area contributed by atoms with Gasteiger partial charge in [0.15, 0.2) is 11.6 Å². The van der Waals surface area contributed by atoms with Crippen LogP contribution in [0.4, 0.5) is 0 Å². The normalized spacial score (nSPS) is 16.9. The van der Waals surface area contributed by atoms with Crippen molar-refractivity contribution in [2.45, 2.75) is 58.0 Å². The number of amides is 5. The van der Waals surface area contributed by atoms with Crippen LogP contribution < -0.4 is 16.0 Å². The van der Waals surface area contributed by atoms with Gasteiger partial charge in [0, 0.05) is 71.6 Å². The summed E-state index contributed by atoms with van der Waals surface area (Å²) in [7, 11) is 0. The van der Waals surface area contributed by atoms with E-state index < -0.39 is 35.7 Å². The average Bonchev–Trinajstić information content (AvgIpc) is 3.08. The Hall–Kier alpha value is -3.83. The highest BCUT2D eigenvalue weighted by molar-refractivity contribution is 6.00. The third-order valence-electron chi connectivity index (χ3n) is 5.92. The first kappa shape index (κ1) is 29.4. The summed E-state index contributed by atoms with van der Waals surface area (Å²) in [6.07, 6.45) is 6.55. The molecule has 2 aliphatic rings. The van der Waals surface area contributed by atoms with Gasteiger partial charge in [0.2, 0.25) is 29.5 Å². The first-order valence-corrected chi connectivity index (χ1v) is 12.4. The second kappa shape index (κ2) is 14.7. The lowest BCUT2D eigenvalue weighted by Crippen LogP contribution is -2.56. The van der Waals surface area contributed by atoms with Gasteiger partial charge in [-0.15, -0.1) is 0 Å². The molecule has 1 atom stereocenters. The van der Waals surface area contributed by atoms with Crippen LogP contribution in [0, 0.1) is 0 Å². The van der Waals surface area contributed by atoms with Gasteiger partial charge in [-0.05, 0) is 31.4 Å². The summed E-state index contributed by atoms with van der Waals surface area (Å²) < 4.78 is 0. The lowest BCUT2D eigenvalue weighted by Gasteiger charge is -2.32. The van der Waals surface area contributed by atoms with Crippen molar-refractivity contribution in [2.24, 2.45) is 0 Å². The van der Waals surface area contributed by atoms with Crippen LogP contribution in [-0.2, 0) is 33.6 Å². The molecule has 1 unspecified atom stereocenters. The summed E-state index contributed by atoms with van der Waals surface area (Å²) >= 11 is 0. The Labute approximate surface area is 215 Å². The Balaban J connectivity index is 2.14. The minimum absolute atomic E-state index is 0.0267. The first-order chi connectivity index (χ1) is 17.5. The Kier molecular flexibility index (Phi) is 11.7. The van der Waals surface area contributed by atoms with Crippen LogP contribution in [-0.4, -0.2) is 95.7 Å². The number of hydrogen-bond donors (Lipinski definition) is 3. The van der Waals surface area contributed by atoms with Gasteiger partial charge in [-0.3, -0.25) is 33.6 Å². The molecule has 12 heteroatoms. The summed E-state index contributed by atoms with van der Waals surface area (Å²) in [6.45, 7) is 3.52. The molecule has 0 bridgehead atoms. The number of rotatable bonds is 12. The Morgan fingerprint density at radius 3 is 1.81 bits per heavy atom. The van der Waals surface area contributed by atoms with E-state index in [1.807, 2.05) is 0 Å². The van der Waals surface area contributed by atoms with Gasteiger partial charge in [-0.2, -0.15) is 0 Å². The van der Waals surface area contributed by atoms with E-state index in [0.717, 1.165) is 0 Å². The molecule has 0 radical (unpaired) electrons. The van der Waals surface area contributed by atoms with E-state index in [4.69, 9.17) is 0 Å². The Morgan fingerprint density at radius 1 is 0.784 bits per heavy atom. The van der Waals surface area contributed by atoms with Crippen molar-refractivity contribution in [3.05, 3.63) is 24.3 Å². The van der Waals surface area contributed by atoms with E-state index in [0.29, 0.717) is 25.8 Å². The molecule has 0 saturated heterocycles. The second-order valence-corrected chi connectivity index (χ2v) is 9.11. The van der Waals surface area contributed by atoms with Crippen molar-refractivity contribution < 1.29 is 33.6 Å². The van der Waals surface area contributed by atoms with Crippen molar-refractivity contribution in [3.8, 4) is 0 Å². The summed E-state index contributed by atoms with van der Waals surface area (Å²) in [5.74, 6) is -2.19. The van der Waals surface area contributed by atoms with Gasteiger partial charge < -0.3 is 25.8 Å². The molecule has 0 aromatic rings. The van der Waals surface area contributed by atoms with Crippen molar-refractivity contribution >= 4 is 41.1 Å². The van der Waals surface area contributed by atoms with Gasteiger partial charge in [-0.25, -0.2) is 0 Å². The fourth-order valence-corrected chi connectivity index (χ4v) is 4.01. The maximum absolute atomic E-state index is 13.2. The summed E-state index contributed by atoms with van der Waals surface area (Å²) in [5, 5.41) is 8.16. The smallest absolute Gasteiger partial charge is 0.246 e. The van der Waals surface area contributed by atoms with Crippen molar-refractivity contribution in [2.75, 3.05) is 32.7 Å². The third-order valence-corrected chi connectivity index (χ3v) is 5.92. The van der Waals surface area contributed by atoms with E-state index in [2.05, 4.69) is 16.0 Å². The number of unbranched alkanes of at least 4 members (excludes halogenated alkanes) is 1. The maximum atomic E-state index is 13.2. The first-order valence-electron chi connectivity index (χ1n) is 12.4. The molecule has 37 heavy (non-hydrogen) atoms. The lowest BCUT2D eigenvalue weighted by atomic mass is 10.1. The molecule has 0 aliphatic carbocycles. The zero-order valence-corrected chi connectivity index (χ0v) is 21.3. The molecule has 202 valence electrons. The SMILES string of the molecule is CC(=O)NCCCCC(NC(C)=O)C(=O)NC(CN1CCC(=O)C=CC1=O)CN1CCC(=O)C=CC1=O. The summed E-state index contributed by atoms with van der Waals surface area (Å²) in [5.41, 5.74) is 0. The Morgan fingerprint density at radius 2 is 1.32 bits per heavy atom. The highest BCUT2D eigenvalue weighted by atomic mass is 16.2. The number of nitrogens with one attached hydrogen (secondary N) is 3. The number of carbonyl (C=O) groups is 7. The third kappa shape index (κ3) is 10.8.